The number of rotatable bonds is 6. The van der Waals surface area contributed by atoms with Gasteiger partial charge in [-0.05, 0) is 56.3 Å². The smallest absolute Gasteiger partial charge is 0.146 e. The zero-order valence-electron chi connectivity index (χ0n) is 16.2. The highest BCUT2D eigenvalue weighted by atomic mass is 28.2. The van der Waals surface area contributed by atoms with E-state index in [1.54, 1.807) is 0 Å². The summed E-state index contributed by atoms with van der Waals surface area (Å²) in [5.41, 5.74) is 0.0455. The molecule has 2 nitrogen and oxygen atoms in total. The second-order valence-electron chi connectivity index (χ2n) is 8.78. The lowest BCUT2D eigenvalue weighted by Crippen LogP contribution is -2.60. The molecule has 3 rings (SSSR count). The zero-order valence-corrected chi connectivity index (χ0v) is 18.2. The fourth-order valence-corrected chi connectivity index (χ4v) is 7.44. The van der Waals surface area contributed by atoms with Gasteiger partial charge >= 0.3 is 0 Å². The number of ether oxygens (including phenoxy) is 1. The normalized spacial score (nSPS) is 27.4. The van der Waals surface area contributed by atoms with Gasteiger partial charge in [-0.2, -0.15) is 0 Å². The first-order chi connectivity index (χ1) is 11.8. The van der Waals surface area contributed by atoms with E-state index in [1.807, 2.05) is 7.11 Å². The number of hydrogen-bond acceptors (Lipinski definition) is 2. The van der Waals surface area contributed by atoms with Gasteiger partial charge in [0.2, 0.25) is 0 Å². The lowest BCUT2D eigenvalue weighted by Gasteiger charge is -2.54. The molecule has 24 heavy (non-hydrogen) atoms. The Labute approximate surface area is 153 Å². The molecule has 0 radical (unpaired) electrons. The van der Waals surface area contributed by atoms with Gasteiger partial charge in [0.05, 0.1) is 11.7 Å². The SMILES string of the molecule is COC(C1CCCCC1)C(O[SiH3])(C1CCCCC1)C1CCCCC1. The van der Waals surface area contributed by atoms with Crippen LogP contribution in [0.2, 0.25) is 0 Å². The van der Waals surface area contributed by atoms with Crippen molar-refractivity contribution in [1.82, 2.24) is 0 Å². The summed E-state index contributed by atoms with van der Waals surface area (Å²) in [4.78, 5) is 0. The van der Waals surface area contributed by atoms with E-state index < -0.39 is 0 Å². The number of hydrogen-bond donors (Lipinski definition) is 0. The van der Waals surface area contributed by atoms with Crippen molar-refractivity contribution in [3.05, 3.63) is 0 Å². The van der Waals surface area contributed by atoms with Gasteiger partial charge in [-0.3, -0.25) is 0 Å². The van der Waals surface area contributed by atoms with E-state index in [0.29, 0.717) is 6.10 Å². The van der Waals surface area contributed by atoms with Crippen molar-refractivity contribution in [2.75, 3.05) is 7.11 Å². The van der Waals surface area contributed by atoms with Crippen LogP contribution in [-0.2, 0) is 9.16 Å². The predicted molar refractivity (Wildman–Crippen MR) is 104 cm³/mol. The molecule has 0 heterocycles. The van der Waals surface area contributed by atoms with E-state index in [0.717, 1.165) is 28.2 Å². The van der Waals surface area contributed by atoms with E-state index in [9.17, 15) is 0 Å². The molecule has 3 saturated carbocycles. The van der Waals surface area contributed by atoms with E-state index in [1.165, 1.54) is 96.3 Å². The fraction of sp³-hybridized carbons (Fsp3) is 1.00. The molecule has 3 heteroatoms. The minimum Gasteiger partial charge on any atom is -0.419 e. The Balaban J connectivity index is 1.90. The molecule has 0 aromatic carbocycles. The molecule has 1 atom stereocenters. The van der Waals surface area contributed by atoms with E-state index in [4.69, 9.17) is 9.16 Å². The van der Waals surface area contributed by atoms with E-state index in [2.05, 4.69) is 0 Å². The first kappa shape index (κ1) is 18.9. The van der Waals surface area contributed by atoms with Crippen LogP contribution in [0.3, 0.4) is 0 Å². The highest BCUT2D eigenvalue weighted by molar-refractivity contribution is 5.98. The molecule has 140 valence electrons. The molecule has 1 unspecified atom stereocenters. The fourth-order valence-electron chi connectivity index (χ4n) is 6.54. The Morgan fingerprint density at radius 1 is 0.708 bits per heavy atom. The topological polar surface area (TPSA) is 18.5 Å². The quantitative estimate of drug-likeness (QED) is 0.641. The molecule has 0 aromatic rings. The standard InChI is InChI=1S/C21H40O2Si/c1-22-20(17-11-5-2-6-12-17)21(23-24,18-13-7-3-8-14-18)19-15-9-4-10-16-19/h17-20H,2-16H2,1,24H3. The number of methoxy groups -OCH3 is 1. The Morgan fingerprint density at radius 3 is 1.50 bits per heavy atom. The summed E-state index contributed by atoms with van der Waals surface area (Å²) in [6.45, 7) is 0. The maximum Gasteiger partial charge on any atom is 0.146 e. The Morgan fingerprint density at radius 2 is 1.12 bits per heavy atom. The van der Waals surface area contributed by atoms with Crippen molar-refractivity contribution in [3.8, 4) is 0 Å². The van der Waals surface area contributed by atoms with Crippen LogP contribution in [0.25, 0.3) is 0 Å². The Kier molecular flexibility index (Phi) is 7.24. The molecule has 0 amide bonds. The lowest BCUT2D eigenvalue weighted by molar-refractivity contribution is -0.177. The van der Waals surface area contributed by atoms with Crippen molar-refractivity contribution >= 4 is 10.5 Å². The first-order valence-corrected chi connectivity index (χ1v) is 11.7. The second kappa shape index (κ2) is 9.18. The third kappa shape index (κ3) is 3.78. The summed E-state index contributed by atoms with van der Waals surface area (Å²) in [5.74, 6) is 2.24. The van der Waals surface area contributed by atoms with Crippen molar-refractivity contribution in [2.24, 2.45) is 17.8 Å². The highest BCUT2D eigenvalue weighted by Gasteiger charge is 2.53. The van der Waals surface area contributed by atoms with Gasteiger partial charge in [0.25, 0.3) is 0 Å². The van der Waals surface area contributed by atoms with Gasteiger partial charge < -0.3 is 9.16 Å². The first-order valence-electron chi connectivity index (χ1n) is 10.9. The van der Waals surface area contributed by atoms with Crippen molar-refractivity contribution in [2.45, 2.75) is 108 Å². The maximum atomic E-state index is 6.74. The molecule has 3 aliphatic rings. The summed E-state index contributed by atoms with van der Waals surface area (Å²) >= 11 is 0. The molecular weight excluding hydrogens is 312 g/mol. The van der Waals surface area contributed by atoms with Crippen LogP contribution in [0.15, 0.2) is 0 Å². The average molecular weight is 353 g/mol. The van der Waals surface area contributed by atoms with Crippen LogP contribution in [-0.4, -0.2) is 29.3 Å². The van der Waals surface area contributed by atoms with Gasteiger partial charge in [-0.25, -0.2) is 0 Å². The van der Waals surface area contributed by atoms with Gasteiger partial charge in [0.1, 0.15) is 10.5 Å². The molecule has 0 N–H and O–H groups in total. The molecule has 0 bridgehead atoms. The average Bonchev–Trinajstić information content (AvgIpc) is 2.68. The monoisotopic (exact) mass is 352 g/mol. The summed E-state index contributed by atoms with van der Waals surface area (Å²) in [7, 11) is 2.84. The largest absolute Gasteiger partial charge is 0.419 e. The maximum absolute atomic E-state index is 6.74. The summed E-state index contributed by atoms with van der Waals surface area (Å²) in [5, 5.41) is 0. The summed E-state index contributed by atoms with van der Waals surface area (Å²) in [6, 6.07) is 0. The van der Waals surface area contributed by atoms with Crippen LogP contribution in [0, 0.1) is 17.8 Å². The van der Waals surface area contributed by atoms with Crippen LogP contribution < -0.4 is 0 Å². The third-order valence-electron chi connectivity index (χ3n) is 7.62. The highest BCUT2D eigenvalue weighted by Crippen LogP contribution is 2.50. The third-order valence-corrected chi connectivity index (χ3v) is 8.32. The van der Waals surface area contributed by atoms with Gasteiger partial charge in [0, 0.05) is 7.11 Å². The summed E-state index contributed by atoms with van der Waals surface area (Å²) < 4.78 is 13.1. The molecule has 0 saturated heterocycles. The van der Waals surface area contributed by atoms with Crippen LogP contribution >= 0.6 is 0 Å². The molecule has 0 aromatic heterocycles. The Hall–Kier alpha value is 0.137. The van der Waals surface area contributed by atoms with Crippen LogP contribution in [0.5, 0.6) is 0 Å². The van der Waals surface area contributed by atoms with Gasteiger partial charge in [-0.15, -0.1) is 0 Å². The molecule has 3 fully saturated rings. The molecule has 0 aliphatic heterocycles. The van der Waals surface area contributed by atoms with Gasteiger partial charge in [-0.1, -0.05) is 57.8 Å². The van der Waals surface area contributed by atoms with E-state index in [-0.39, 0.29) is 5.60 Å². The van der Waals surface area contributed by atoms with E-state index >= 15 is 0 Å². The van der Waals surface area contributed by atoms with Crippen molar-refractivity contribution < 1.29 is 9.16 Å². The molecule has 0 spiro atoms. The predicted octanol–water partition coefficient (Wildman–Crippen LogP) is 4.78. The molecular formula is C21H40O2Si. The molecule has 3 aliphatic carbocycles. The van der Waals surface area contributed by atoms with Crippen molar-refractivity contribution in [1.29, 1.82) is 0 Å². The minimum absolute atomic E-state index is 0.0455. The lowest BCUT2D eigenvalue weighted by atomic mass is 9.61. The zero-order chi connectivity index (χ0) is 16.8. The summed E-state index contributed by atoms with van der Waals surface area (Å²) in [6.07, 6.45) is 21.3. The second-order valence-corrected chi connectivity index (χ2v) is 9.19. The van der Waals surface area contributed by atoms with Crippen LogP contribution in [0.1, 0.15) is 96.3 Å². The van der Waals surface area contributed by atoms with Crippen LogP contribution in [0.4, 0.5) is 0 Å². The Bertz CT molecular complexity index is 337. The van der Waals surface area contributed by atoms with Gasteiger partial charge in [0.15, 0.2) is 0 Å². The minimum atomic E-state index is 0.0455. The van der Waals surface area contributed by atoms with Crippen molar-refractivity contribution in [3.63, 3.8) is 0 Å².